The molecule has 3 rings (SSSR count). The summed E-state index contributed by atoms with van der Waals surface area (Å²) in [6, 6.07) is 5.37. The molecule has 1 spiro atoms. The molecule has 0 amide bonds. The second-order valence-corrected chi connectivity index (χ2v) is 8.98. The van der Waals surface area contributed by atoms with E-state index in [0.717, 1.165) is 6.26 Å². The second kappa shape index (κ2) is 8.01. The predicted octanol–water partition coefficient (Wildman–Crippen LogP) is 2.21. The first-order valence-electron chi connectivity index (χ1n) is 8.47. The summed E-state index contributed by atoms with van der Waals surface area (Å²) in [5, 5.41) is 7.12. The molecule has 1 N–H and O–H groups in total. The van der Waals surface area contributed by atoms with Crippen LogP contribution in [-0.2, 0) is 14.8 Å². The van der Waals surface area contributed by atoms with Gasteiger partial charge in [0.25, 0.3) is 5.92 Å². The van der Waals surface area contributed by atoms with Crippen LogP contribution in [0.1, 0.15) is 12.8 Å². The number of halogens is 5. The summed E-state index contributed by atoms with van der Waals surface area (Å²) >= 11 is 0. The number of hydrogen-bond acceptors (Lipinski definition) is 5. The van der Waals surface area contributed by atoms with Crippen LogP contribution in [0.15, 0.2) is 24.4 Å². The number of pyridine rings is 1. The molecule has 164 valence electrons. The Kier molecular flexibility index (Phi) is 6.43. The molecule has 0 radical (unpaired) electrons. The van der Waals surface area contributed by atoms with Gasteiger partial charge in [-0.1, -0.05) is 6.07 Å². The second-order valence-electron chi connectivity index (χ2n) is 6.99. The van der Waals surface area contributed by atoms with Crippen molar-refractivity contribution in [2.75, 3.05) is 37.3 Å². The van der Waals surface area contributed by atoms with Crippen LogP contribution in [0.2, 0.25) is 0 Å². The summed E-state index contributed by atoms with van der Waals surface area (Å²) < 4.78 is 85.5. The number of hydrogen-bond donors (Lipinski definition) is 1. The lowest BCUT2D eigenvalue weighted by Crippen LogP contribution is -2.58. The van der Waals surface area contributed by atoms with Crippen LogP contribution < -0.4 is 4.90 Å². The Morgan fingerprint density at radius 3 is 2.28 bits per heavy atom. The molecule has 29 heavy (non-hydrogen) atoms. The van der Waals surface area contributed by atoms with Gasteiger partial charge in [-0.05, 0) is 18.6 Å². The first kappa shape index (κ1) is 23.3. The van der Waals surface area contributed by atoms with E-state index >= 15 is 0 Å². The van der Waals surface area contributed by atoms with Crippen molar-refractivity contribution < 1.29 is 40.3 Å². The van der Waals surface area contributed by atoms with Crippen LogP contribution in [0.5, 0.6) is 0 Å². The summed E-state index contributed by atoms with van der Waals surface area (Å²) in [5.41, 5.74) is -1.33. The lowest BCUT2D eigenvalue weighted by molar-refractivity contribution is -0.192. The Morgan fingerprint density at radius 1 is 1.17 bits per heavy atom. The van der Waals surface area contributed by atoms with Crippen LogP contribution in [-0.4, -0.2) is 73.3 Å². The number of aliphatic carboxylic acids is 1. The zero-order chi connectivity index (χ0) is 22.1. The molecule has 7 nitrogen and oxygen atoms in total. The number of sulfonamides is 1. The first-order valence-corrected chi connectivity index (χ1v) is 10.3. The van der Waals surface area contributed by atoms with Gasteiger partial charge in [0.05, 0.1) is 11.7 Å². The zero-order valence-corrected chi connectivity index (χ0v) is 16.2. The standard InChI is InChI=1S/C14H19F2N3O2S.C2HF3O2/c1-22(20,21)19-9-6-14(15,16)13(11-19)5-8-18(10-13)12-4-2-3-7-17-12;3-2(4,5)1(6)7/h2-4,7H,5-6,8-11H2,1H3;(H,6,7). The number of carboxylic acids is 1. The van der Waals surface area contributed by atoms with Gasteiger partial charge in [-0.2, -0.15) is 13.2 Å². The van der Waals surface area contributed by atoms with E-state index in [2.05, 4.69) is 4.98 Å². The zero-order valence-electron chi connectivity index (χ0n) is 15.4. The molecule has 0 bridgehead atoms. The molecule has 1 atom stereocenters. The molecule has 1 unspecified atom stereocenters. The molecule has 0 aromatic carbocycles. The number of rotatable bonds is 2. The highest BCUT2D eigenvalue weighted by Crippen LogP contribution is 2.50. The summed E-state index contributed by atoms with van der Waals surface area (Å²) in [5.74, 6) is -4.96. The molecular formula is C16H20F5N3O4S. The normalized spacial score (nSPS) is 24.8. The van der Waals surface area contributed by atoms with Gasteiger partial charge in [0.2, 0.25) is 10.0 Å². The number of carboxylic acid groups (broad SMARTS) is 1. The van der Waals surface area contributed by atoms with E-state index in [4.69, 9.17) is 9.90 Å². The Bertz CT molecular complexity index is 835. The van der Waals surface area contributed by atoms with E-state index in [1.807, 2.05) is 11.0 Å². The molecule has 2 fully saturated rings. The van der Waals surface area contributed by atoms with Gasteiger partial charge in [0.1, 0.15) is 5.82 Å². The van der Waals surface area contributed by atoms with Crippen LogP contribution >= 0.6 is 0 Å². The maximum atomic E-state index is 14.5. The Hall–Kier alpha value is -2.02. The largest absolute Gasteiger partial charge is 0.490 e. The van der Waals surface area contributed by atoms with Gasteiger partial charge >= 0.3 is 12.1 Å². The fourth-order valence-electron chi connectivity index (χ4n) is 3.38. The lowest BCUT2D eigenvalue weighted by atomic mass is 9.76. The minimum absolute atomic E-state index is 0.114. The summed E-state index contributed by atoms with van der Waals surface area (Å²) in [6.45, 7) is 0.354. The number of piperidine rings is 1. The van der Waals surface area contributed by atoms with Gasteiger partial charge < -0.3 is 10.0 Å². The minimum atomic E-state index is -5.08. The molecule has 0 aliphatic carbocycles. The Balaban J connectivity index is 0.000000370. The summed E-state index contributed by atoms with van der Waals surface area (Å²) in [4.78, 5) is 14.9. The van der Waals surface area contributed by atoms with Crippen molar-refractivity contribution in [3.63, 3.8) is 0 Å². The van der Waals surface area contributed by atoms with Gasteiger partial charge in [-0.3, -0.25) is 0 Å². The van der Waals surface area contributed by atoms with Crippen LogP contribution in [0.3, 0.4) is 0 Å². The van der Waals surface area contributed by atoms with Crippen molar-refractivity contribution >= 4 is 21.8 Å². The highest BCUT2D eigenvalue weighted by molar-refractivity contribution is 7.88. The number of anilines is 1. The van der Waals surface area contributed by atoms with Crippen LogP contribution in [0.25, 0.3) is 0 Å². The van der Waals surface area contributed by atoms with Gasteiger partial charge in [-0.25, -0.2) is 31.3 Å². The maximum Gasteiger partial charge on any atom is 0.490 e. The van der Waals surface area contributed by atoms with Crippen molar-refractivity contribution in [2.45, 2.75) is 24.9 Å². The number of nitrogens with zero attached hydrogens (tertiary/aromatic N) is 3. The van der Waals surface area contributed by atoms with Crippen LogP contribution in [0.4, 0.5) is 27.8 Å². The van der Waals surface area contributed by atoms with Crippen molar-refractivity contribution in [2.24, 2.45) is 5.41 Å². The third-order valence-electron chi connectivity index (χ3n) is 4.97. The fraction of sp³-hybridized carbons (Fsp3) is 0.625. The van der Waals surface area contributed by atoms with E-state index in [1.54, 1.807) is 18.3 Å². The summed E-state index contributed by atoms with van der Waals surface area (Å²) in [7, 11) is -3.46. The quantitative estimate of drug-likeness (QED) is 0.702. The third kappa shape index (κ3) is 5.32. The smallest absolute Gasteiger partial charge is 0.475 e. The number of aromatic nitrogens is 1. The fourth-order valence-corrected chi connectivity index (χ4v) is 4.29. The predicted molar refractivity (Wildman–Crippen MR) is 93.2 cm³/mol. The van der Waals surface area contributed by atoms with Crippen molar-refractivity contribution in [1.82, 2.24) is 9.29 Å². The molecule has 1 aromatic heterocycles. The van der Waals surface area contributed by atoms with Crippen molar-refractivity contribution in [3.05, 3.63) is 24.4 Å². The Morgan fingerprint density at radius 2 is 1.79 bits per heavy atom. The highest BCUT2D eigenvalue weighted by atomic mass is 32.2. The molecule has 2 saturated heterocycles. The first-order chi connectivity index (χ1) is 13.2. The molecule has 2 aliphatic heterocycles. The topological polar surface area (TPSA) is 90.8 Å². The van der Waals surface area contributed by atoms with E-state index in [0.29, 0.717) is 12.4 Å². The molecule has 13 heteroatoms. The summed E-state index contributed by atoms with van der Waals surface area (Å²) in [6.07, 6.45) is -2.53. The van der Waals surface area contributed by atoms with Crippen LogP contribution in [0, 0.1) is 5.41 Å². The molecular weight excluding hydrogens is 425 g/mol. The van der Waals surface area contributed by atoms with Crippen molar-refractivity contribution in [3.8, 4) is 0 Å². The number of carbonyl (C=O) groups is 1. The van der Waals surface area contributed by atoms with E-state index in [1.165, 1.54) is 4.31 Å². The average Bonchev–Trinajstić information content (AvgIpc) is 3.03. The monoisotopic (exact) mass is 445 g/mol. The van der Waals surface area contributed by atoms with E-state index in [-0.39, 0.29) is 26.1 Å². The Labute approximate surface area is 164 Å². The van der Waals surface area contributed by atoms with Gasteiger partial charge in [-0.15, -0.1) is 0 Å². The minimum Gasteiger partial charge on any atom is -0.475 e. The van der Waals surface area contributed by atoms with Gasteiger partial charge in [0.15, 0.2) is 0 Å². The van der Waals surface area contributed by atoms with E-state index in [9.17, 15) is 30.4 Å². The van der Waals surface area contributed by atoms with Crippen molar-refractivity contribution in [1.29, 1.82) is 0 Å². The average molecular weight is 445 g/mol. The molecule has 1 aromatic rings. The SMILES string of the molecule is CS(=O)(=O)N1CCC(F)(F)C2(CCN(c3ccccn3)C2)C1.O=C(O)C(F)(F)F. The third-order valence-corrected chi connectivity index (χ3v) is 6.22. The lowest BCUT2D eigenvalue weighted by Gasteiger charge is -2.44. The highest BCUT2D eigenvalue weighted by Gasteiger charge is 2.60. The molecule has 2 aliphatic rings. The maximum absolute atomic E-state index is 14.5. The van der Waals surface area contributed by atoms with Gasteiger partial charge in [0, 0.05) is 38.8 Å². The van der Waals surface area contributed by atoms with E-state index < -0.39 is 39.9 Å². The molecule has 0 saturated carbocycles. The number of alkyl halides is 5. The molecule has 3 heterocycles.